The van der Waals surface area contributed by atoms with Gasteiger partial charge in [0.05, 0.1) is 6.54 Å². The maximum atomic E-state index is 12.8. The molecule has 0 atom stereocenters. The van der Waals surface area contributed by atoms with E-state index < -0.39 is 19.1 Å². The summed E-state index contributed by atoms with van der Waals surface area (Å²) in [5, 5.41) is 11.1. The number of nitrogens with one attached hydrogen (secondary N) is 1. The molecule has 1 aromatic carbocycles. The molecule has 0 aromatic heterocycles. The molecule has 0 bridgehead atoms. The van der Waals surface area contributed by atoms with Crippen molar-refractivity contribution in [3.63, 3.8) is 0 Å². The van der Waals surface area contributed by atoms with Gasteiger partial charge in [-0.2, -0.15) is 0 Å². The molecule has 0 saturated carbocycles. The molecule has 96 valence electrons. The normalized spacial score (nSPS) is 11.9. The second kappa shape index (κ2) is 5.56. The topological polar surface area (TPSA) is 32.3 Å². The molecule has 0 radical (unpaired) electrons. The van der Waals surface area contributed by atoms with Gasteiger partial charge in [-0.1, -0.05) is 17.7 Å². The molecule has 1 rings (SSSR count). The number of aryl methyl sites for hydroxylation is 3. The number of hydrogen-bond donors (Lipinski definition) is 2. The first-order valence-corrected chi connectivity index (χ1v) is 5.62. The third kappa shape index (κ3) is 4.06. The molecule has 0 aliphatic carbocycles. The van der Waals surface area contributed by atoms with Crippen LogP contribution in [-0.4, -0.2) is 24.2 Å². The van der Waals surface area contributed by atoms with Gasteiger partial charge in [0.15, 0.2) is 0 Å². The van der Waals surface area contributed by atoms with Crippen molar-refractivity contribution in [2.75, 3.05) is 13.2 Å². The first kappa shape index (κ1) is 14.1. The van der Waals surface area contributed by atoms with Gasteiger partial charge in [-0.25, -0.2) is 8.78 Å². The van der Waals surface area contributed by atoms with Gasteiger partial charge in [-0.15, -0.1) is 0 Å². The van der Waals surface area contributed by atoms with Crippen LogP contribution in [0, 0.1) is 20.8 Å². The van der Waals surface area contributed by atoms with Crippen molar-refractivity contribution in [2.24, 2.45) is 0 Å². The molecule has 4 heteroatoms. The Morgan fingerprint density at radius 2 is 1.71 bits per heavy atom. The van der Waals surface area contributed by atoms with Crippen LogP contribution in [-0.2, 0) is 6.54 Å². The number of aliphatic hydroxyl groups is 1. The SMILES string of the molecule is Cc1cc(C)c(CNCC(F)(F)CO)c(C)c1. The van der Waals surface area contributed by atoms with E-state index in [0.29, 0.717) is 6.54 Å². The summed E-state index contributed by atoms with van der Waals surface area (Å²) in [4.78, 5) is 0. The fraction of sp³-hybridized carbons (Fsp3) is 0.538. The van der Waals surface area contributed by atoms with Gasteiger partial charge in [-0.3, -0.25) is 0 Å². The van der Waals surface area contributed by atoms with Gasteiger partial charge in [-0.05, 0) is 37.5 Å². The fourth-order valence-electron chi connectivity index (χ4n) is 1.92. The van der Waals surface area contributed by atoms with E-state index in [2.05, 4.69) is 5.32 Å². The van der Waals surface area contributed by atoms with Crippen molar-refractivity contribution >= 4 is 0 Å². The Balaban J connectivity index is 2.64. The quantitative estimate of drug-likeness (QED) is 0.832. The van der Waals surface area contributed by atoms with Gasteiger partial charge in [0.25, 0.3) is 5.92 Å². The maximum absolute atomic E-state index is 12.8. The number of rotatable bonds is 5. The van der Waals surface area contributed by atoms with Crippen LogP contribution < -0.4 is 5.32 Å². The number of halogens is 2. The Morgan fingerprint density at radius 1 is 1.18 bits per heavy atom. The van der Waals surface area contributed by atoms with Crippen molar-refractivity contribution in [1.29, 1.82) is 0 Å². The molecular weight excluding hydrogens is 224 g/mol. The summed E-state index contributed by atoms with van der Waals surface area (Å²) in [5.74, 6) is -3.05. The summed E-state index contributed by atoms with van der Waals surface area (Å²) in [6.07, 6.45) is 0. The van der Waals surface area contributed by atoms with Crippen LogP contribution in [0.3, 0.4) is 0 Å². The molecule has 0 spiro atoms. The van der Waals surface area contributed by atoms with Crippen molar-refractivity contribution in [1.82, 2.24) is 5.32 Å². The first-order chi connectivity index (χ1) is 7.85. The van der Waals surface area contributed by atoms with Crippen molar-refractivity contribution in [3.05, 3.63) is 34.4 Å². The van der Waals surface area contributed by atoms with E-state index in [9.17, 15) is 8.78 Å². The standard InChI is InChI=1S/C13H19F2NO/c1-9-4-10(2)12(11(3)5-9)6-16-7-13(14,15)8-17/h4-5,16-17H,6-8H2,1-3H3. The number of aliphatic hydroxyl groups excluding tert-OH is 1. The van der Waals surface area contributed by atoms with Gasteiger partial charge >= 0.3 is 0 Å². The number of alkyl halides is 2. The second-order valence-corrected chi connectivity index (χ2v) is 4.49. The van der Waals surface area contributed by atoms with Crippen molar-refractivity contribution in [3.8, 4) is 0 Å². The number of benzene rings is 1. The lowest BCUT2D eigenvalue weighted by Crippen LogP contribution is -2.35. The van der Waals surface area contributed by atoms with E-state index in [1.807, 2.05) is 32.9 Å². The monoisotopic (exact) mass is 243 g/mol. The Bertz CT molecular complexity index is 368. The minimum atomic E-state index is -3.05. The zero-order chi connectivity index (χ0) is 13.1. The molecule has 17 heavy (non-hydrogen) atoms. The van der Waals surface area contributed by atoms with Crippen LogP contribution in [0.5, 0.6) is 0 Å². The predicted octanol–water partition coefficient (Wildman–Crippen LogP) is 2.33. The van der Waals surface area contributed by atoms with Gasteiger partial charge in [0.1, 0.15) is 6.61 Å². The molecule has 0 aliphatic heterocycles. The van der Waals surface area contributed by atoms with E-state index in [0.717, 1.165) is 16.7 Å². The third-order valence-electron chi connectivity index (χ3n) is 2.76. The van der Waals surface area contributed by atoms with E-state index in [1.165, 1.54) is 5.56 Å². The van der Waals surface area contributed by atoms with E-state index in [4.69, 9.17) is 5.11 Å². The van der Waals surface area contributed by atoms with Crippen LogP contribution >= 0.6 is 0 Å². The molecule has 2 nitrogen and oxygen atoms in total. The largest absolute Gasteiger partial charge is 0.390 e. The van der Waals surface area contributed by atoms with Crippen molar-refractivity contribution < 1.29 is 13.9 Å². The Labute approximate surface area is 101 Å². The molecule has 0 unspecified atom stereocenters. The molecule has 0 aliphatic rings. The van der Waals surface area contributed by atoms with Crippen LogP contribution in [0.4, 0.5) is 8.78 Å². The average Bonchev–Trinajstić information content (AvgIpc) is 2.22. The maximum Gasteiger partial charge on any atom is 0.282 e. The second-order valence-electron chi connectivity index (χ2n) is 4.49. The number of hydrogen-bond acceptors (Lipinski definition) is 2. The summed E-state index contributed by atoms with van der Waals surface area (Å²) >= 11 is 0. The fourth-order valence-corrected chi connectivity index (χ4v) is 1.92. The summed E-state index contributed by atoms with van der Waals surface area (Å²) in [7, 11) is 0. The smallest absolute Gasteiger partial charge is 0.282 e. The zero-order valence-electron chi connectivity index (χ0n) is 10.5. The Morgan fingerprint density at radius 3 is 2.18 bits per heavy atom. The average molecular weight is 243 g/mol. The van der Waals surface area contributed by atoms with Crippen LogP contribution in [0.2, 0.25) is 0 Å². The minimum absolute atomic E-state index is 0.396. The van der Waals surface area contributed by atoms with Crippen LogP contribution in [0.15, 0.2) is 12.1 Å². The van der Waals surface area contributed by atoms with Crippen LogP contribution in [0.1, 0.15) is 22.3 Å². The molecule has 0 saturated heterocycles. The third-order valence-corrected chi connectivity index (χ3v) is 2.76. The first-order valence-electron chi connectivity index (χ1n) is 5.62. The Kier molecular flexibility index (Phi) is 4.60. The lowest BCUT2D eigenvalue weighted by Gasteiger charge is -2.16. The highest BCUT2D eigenvalue weighted by atomic mass is 19.3. The summed E-state index contributed by atoms with van der Waals surface area (Å²) in [5.41, 5.74) is 4.42. The van der Waals surface area contributed by atoms with Gasteiger partial charge in [0.2, 0.25) is 0 Å². The summed E-state index contributed by atoms with van der Waals surface area (Å²) < 4.78 is 25.6. The van der Waals surface area contributed by atoms with Gasteiger partial charge < -0.3 is 10.4 Å². The van der Waals surface area contributed by atoms with E-state index in [-0.39, 0.29) is 0 Å². The lowest BCUT2D eigenvalue weighted by molar-refractivity contribution is -0.0477. The molecule has 0 fully saturated rings. The predicted molar refractivity (Wildman–Crippen MR) is 64.4 cm³/mol. The summed E-state index contributed by atoms with van der Waals surface area (Å²) in [6, 6.07) is 4.07. The zero-order valence-corrected chi connectivity index (χ0v) is 10.5. The highest BCUT2D eigenvalue weighted by Gasteiger charge is 2.26. The Hall–Kier alpha value is -1.00. The molecule has 1 aromatic rings. The minimum Gasteiger partial charge on any atom is -0.390 e. The van der Waals surface area contributed by atoms with Gasteiger partial charge in [0, 0.05) is 6.54 Å². The van der Waals surface area contributed by atoms with E-state index in [1.54, 1.807) is 0 Å². The molecular formula is C13H19F2NO. The highest BCUT2D eigenvalue weighted by molar-refractivity contribution is 5.37. The highest BCUT2D eigenvalue weighted by Crippen LogP contribution is 2.17. The lowest BCUT2D eigenvalue weighted by atomic mass is 10.00. The van der Waals surface area contributed by atoms with Crippen LogP contribution in [0.25, 0.3) is 0 Å². The molecule has 0 heterocycles. The molecule has 0 amide bonds. The van der Waals surface area contributed by atoms with E-state index >= 15 is 0 Å². The summed E-state index contributed by atoms with van der Waals surface area (Å²) in [6.45, 7) is 4.73. The van der Waals surface area contributed by atoms with Crippen molar-refractivity contribution in [2.45, 2.75) is 33.2 Å². The molecule has 2 N–H and O–H groups in total.